The Hall–Kier alpha value is -0.930. The van der Waals surface area contributed by atoms with E-state index in [-0.39, 0.29) is 5.92 Å². The number of hydrogen-bond donors (Lipinski definition) is 1. The Morgan fingerprint density at radius 3 is 2.72 bits per heavy atom. The van der Waals surface area contributed by atoms with Crippen LogP contribution < -0.4 is 15.2 Å². The van der Waals surface area contributed by atoms with Crippen molar-refractivity contribution in [2.45, 2.75) is 25.7 Å². The monoisotopic (exact) mass is 269 g/mol. The van der Waals surface area contributed by atoms with E-state index in [4.69, 9.17) is 26.8 Å². The average molecular weight is 270 g/mol. The molecule has 0 aromatic heterocycles. The first kappa shape index (κ1) is 13.5. The van der Waals surface area contributed by atoms with Gasteiger partial charge in [-0.15, -0.1) is 0 Å². The standard InChI is InChI=1S/C14H20ClNO2/c1-9(7-16)11-5-12(15)14(17-2)13(6-11)18-8-10-3-4-10/h5-6,9-10H,3-4,7-8,16H2,1-2H3. The lowest BCUT2D eigenvalue weighted by Crippen LogP contribution is -2.10. The van der Waals surface area contributed by atoms with Gasteiger partial charge >= 0.3 is 0 Å². The number of rotatable bonds is 6. The fourth-order valence-electron chi connectivity index (χ4n) is 1.81. The molecule has 0 radical (unpaired) electrons. The normalized spacial score (nSPS) is 16.4. The highest BCUT2D eigenvalue weighted by atomic mass is 35.5. The van der Waals surface area contributed by atoms with E-state index in [0.717, 1.165) is 17.9 Å². The molecule has 1 aromatic carbocycles. The van der Waals surface area contributed by atoms with Crippen LogP contribution in [0.1, 0.15) is 31.2 Å². The van der Waals surface area contributed by atoms with Gasteiger partial charge in [0.1, 0.15) is 0 Å². The first-order chi connectivity index (χ1) is 8.65. The molecule has 0 aliphatic heterocycles. The van der Waals surface area contributed by atoms with E-state index < -0.39 is 0 Å². The highest BCUT2D eigenvalue weighted by Gasteiger charge is 2.23. The highest BCUT2D eigenvalue weighted by Crippen LogP contribution is 2.39. The second-order valence-corrected chi connectivity index (χ2v) is 5.33. The third kappa shape index (κ3) is 3.09. The molecular formula is C14H20ClNO2. The number of halogens is 1. The SMILES string of the molecule is COc1c(Cl)cc(C(C)CN)cc1OCC1CC1. The van der Waals surface area contributed by atoms with Gasteiger partial charge in [0.05, 0.1) is 18.7 Å². The molecule has 4 heteroatoms. The lowest BCUT2D eigenvalue weighted by molar-refractivity contribution is 0.280. The van der Waals surface area contributed by atoms with Crippen LogP contribution in [0, 0.1) is 5.92 Å². The third-order valence-electron chi connectivity index (χ3n) is 3.33. The summed E-state index contributed by atoms with van der Waals surface area (Å²) >= 11 is 6.22. The van der Waals surface area contributed by atoms with Crippen molar-refractivity contribution < 1.29 is 9.47 Å². The number of hydrogen-bond acceptors (Lipinski definition) is 3. The molecule has 18 heavy (non-hydrogen) atoms. The topological polar surface area (TPSA) is 44.5 Å². The fourth-order valence-corrected chi connectivity index (χ4v) is 2.10. The van der Waals surface area contributed by atoms with Gasteiger partial charge in [-0.25, -0.2) is 0 Å². The first-order valence-electron chi connectivity index (χ1n) is 6.36. The molecule has 100 valence electrons. The Morgan fingerprint density at radius 2 is 2.17 bits per heavy atom. The zero-order valence-electron chi connectivity index (χ0n) is 10.9. The lowest BCUT2D eigenvalue weighted by atomic mass is 10.0. The van der Waals surface area contributed by atoms with Gasteiger partial charge in [0.15, 0.2) is 11.5 Å². The molecule has 1 aromatic rings. The maximum atomic E-state index is 6.22. The minimum absolute atomic E-state index is 0.261. The van der Waals surface area contributed by atoms with E-state index in [2.05, 4.69) is 6.92 Å². The Bertz CT molecular complexity index is 419. The van der Waals surface area contributed by atoms with Crippen LogP contribution in [0.2, 0.25) is 5.02 Å². The van der Waals surface area contributed by atoms with E-state index >= 15 is 0 Å². The number of nitrogens with two attached hydrogens (primary N) is 1. The molecule has 3 nitrogen and oxygen atoms in total. The van der Waals surface area contributed by atoms with Crippen molar-refractivity contribution >= 4 is 11.6 Å². The summed E-state index contributed by atoms with van der Waals surface area (Å²) in [5.74, 6) is 2.30. The van der Waals surface area contributed by atoms with E-state index in [9.17, 15) is 0 Å². The predicted octanol–water partition coefficient (Wildman–Crippen LogP) is 3.20. The summed E-state index contributed by atoms with van der Waals surface area (Å²) < 4.78 is 11.1. The molecule has 1 aliphatic carbocycles. The molecule has 1 fully saturated rings. The van der Waals surface area contributed by atoms with Crippen molar-refractivity contribution in [2.75, 3.05) is 20.3 Å². The predicted molar refractivity (Wildman–Crippen MR) is 73.7 cm³/mol. The van der Waals surface area contributed by atoms with Crippen molar-refractivity contribution in [3.63, 3.8) is 0 Å². The summed E-state index contributed by atoms with van der Waals surface area (Å²) in [5, 5.41) is 0.584. The Morgan fingerprint density at radius 1 is 1.44 bits per heavy atom. The van der Waals surface area contributed by atoms with Crippen molar-refractivity contribution in [3.05, 3.63) is 22.7 Å². The summed E-state index contributed by atoms with van der Waals surface area (Å²) in [5.41, 5.74) is 6.78. The maximum absolute atomic E-state index is 6.22. The third-order valence-corrected chi connectivity index (χ3v) is 3.61. The van der Waals surface area contributed by atoms with Crippen LogP contribution in [0.4, 0.5) is 0 Å². The van der Waals surface area contributed by atoms with Crippen molar-refractivity contribution in [3.8, 4) is 11.5 Å². The second-order valence-electron chi connectivity index (χ2n) is 4.93. The summed E-state index contributed by atoms with van der Waals surface area (Å²) in [7, 11) is 1.61. The zero-order chi connectivity index (χ0) is 13.1. The minimum Gasteiger partial charge on any atom is -0.491 e. The van der Waals surface area contributed by atoms with Gasteiger partial charge in [-0.2, -0.15) is 0 Å². The first-order valence-corrected chi connectivity index (χ1v) is 6.73. The maximum Gasteiger partial charge on any atom is 0.179 e. The van der Waals surface area contributed by atoms with Crippen LogP contribution in [0.25, 0.3) is 0 Å². The Labute approximate surface area is 113 Å². The summed E-state index contributed by atoms with van der Waals surface area (Å²) in [4.78, 5) is 0. The molecule has 0 amide bonds. The van der Waals surface area contributed by atoms with E-state index in [1.807, 2.05) is 12.1 Å². The lowest BCUT2D eigenvalue weighted by Gasteiger charge is -2.16. The van der Waals surface area contributed by atoms with Crippen molar-refractivity contribution in [1.29, 1.82) is 0 Å². The van der Waals surface area contributed by atoms with Gasteiger partial charge in [-0.1, -0.05) is 18.5 Å². The second kappa shape index (κ2) is 5.81. The van der Waals surface area contributed by atoms with Crippen molar-refractivity contribution in [2.24, 2.45) is 11.7 Å². The molecule has 0 heterocycles. The Kier molecular flexibility index (Phi) is 4.36. The number of ether oxygens (including phenoxy) is 2. The Balaban J connectivity index is 2.23. The van der Waals surface area contributed by atoms with Crippen LogP contribution in [-0.4, -0.2) is 20.3 Å². The molecule has 0 bridgehead atoms. The number of methoxy groups -OCH3 is 1. The fraction of sp³-hybridized carbons (Fsp3) is 0.571. The molecule has 1 saturated carbocycles. The van der Waals surface area contributed by atoms with Gasteiger partial charge in [-0.3, -0.25) is 0 Å². The zero-order valence-corrected chi connectivity index (χ0v) is 11.7. The highest BCUT2D eigenvalue weighted by molar-refractivity contribution is 6.32. The van der Waals surface area contributed by atoms with Crippen LogP contribution in [-0.2, 0) is 0 Å². The summed E-state index contributed by atoms with van der Waals surface area (Å²) in [6.45, 7) is 3.40. The average Bonchev–Trinajstić information content (AvgIpc) is 3.18. The molecule has 1 unspecified atom stereocenters. The molecule has 0 spiro atoms. The molecule has 1 aliphatic rings. The van der Waals surface area contributed by atoms with E-state index in [0.29, 0.717) is 23.2 Å². The summed E-state index contributed by atoms with van der Waals surface area (Å²) in [6, 6.07) is 3.90. The smallest absolute Gasteiger partial charge is 0.179 e. The van der Waals surface area contributed by atoms with Crippen molar-refractivity contribution in [1.82, 2.24) is 0 Å². The molecule has 1 atom stereocenters. The van der Waals surface area contributed by atoms with Crippen LogP contribution >= 0.6 is 11.6 Å². The molecule has 2 rings (SSSR count). The minimum atomic E-state index is 0.261. The summed E-state index contributed by atoms with van der Waals surface area (Å²) in [6.07, 6.45) is 2.52. The number of benzene rings is 1. The van der Waals surface area contributed by atoms with E-state index in [1.54, 1.807) is 7.11 Å². The van der Waals surface area contributed by atoms with Crippen LogP contribution in [0.3, 0.4) is 0 Å². The molecule has 2 N–H and O–H groups in total. The largest absolute Gasteiger partial charge is 0.491 e. The van der Waals surface area contributed by atoms with Gasteiger partial charge in [0.25, 0.3) is 0 Å². The molecule has 0 saturated heterocycles. The quantitative estimate of drug-likeness (QED) is 0.863. The van der Waals surface area contributed by atoms with Crippen LogP contribution in [0.15, 0.2) is 12.1 Å². The van der Waals surface area contributed by atoms with Gasteiger partial charge < -0.3 is 15.2 Å². The van der Waals surface area contributed by atoms with Gasteiger partial charge in [0, 0.05) is 0 Å². The van der Waals surface area contributed by atoms with Gasteiger partial charge in [0.2, 0.25) is 0 Å². The van der Waals surface area contributed by atoms with E-state index in [1.165, 1.54) is 12.8 Å². The van der Waals surface area contributed by atoms with Gasteiger partial charge in [-0.05, 0) is 48.9 Å². The molecular weight excluding hydrogens is 250 g/mol. The van der Waals surface area contributed by atoms with Crippen LogP contribution in [0.5, 0.6) is 11.5 Å².